The third kappa shape index (κ3) is 5.87. The van der Waals surface area contributed by atoms with Crippen molar-refractivity contribution < 1.29 is 17.6 Å². The number of hydrogen-bond donors (Lipinski definition) is 1. The summed E-state index contributed by atoms with van der Waals surface area (Å²) in [6, 6.07) is 12.9. The molecule has 0 saturated carbocycles. The van der Waals surface area contributed by atoms with Crippen LogP contribution in [0.1, 0.15) is 36.8 Å². The molecule has 0 bridgehead atoms. The minimum Gasteiger partial charge on any atom is -0.352 e. The first-order valence-corrected chi connectivity index (χ1v) is 11.4. The fraction of sp³-hybridized carbons (Fsp3) is 0.409. The molecule has 1 unspecified atom stereocenters. The number of benzene rings is 2. The number of carbonyl (C=O) groups is 1. The molecule has 1 aliphatic heterocycles. The summed E-state index contributed by atoms with van der Waals surface area (Å²) in [5.74, 6) is -0.342. The molecule has 156 valence electrons. The van der Waals surface area contributed by atoms with Crippen molar-refractivity contribution in [3.8, 4) is 0 Å². The van der Waals surface area contributed by atoms with Gasteiger partial charge in [-0.3, -0.25) is 4.79 Å². The van der Waals surface area contributed by atoms with Gasteiger partial charge in [0.1, 0.15) is 5.82 Å². The number of halogens is 1. The van der Waals surface area contributed by atoms with Crippen LogP contribution in [0.3, 0.4) is 0 Å². The fourth-order valence-corrected chi connectivity index (χ4v) is 5.12. The number of rotatable bonds is 7. The van der Waals surface area contributed by atoms with Gasteiger partial charge in [0, 0.05) is 26.1 Å². The zero-order valence-corrected chi connectivity index (χ0v) is 17.4. The Morgan fingerprint density at radius 2 is 1.83 bits per heavy atom. The molecule has 1 amide bonds. The van der Waals surface area contributed by atoms with E-state index in [2.05, 4.69) is 5.32 Å². The van der Waals surface area contributed by atoms with E-state index in [1.54, 1.807) is 0 Å². The van der Waals surface area contributed by atoms with Gasteiger partial charge in [0.05, 0.1) is 4.90 Å². The highest BCUT2D eigenvalue weighted by atomic mass is 32.2. The van der Waals surface area contributed by atoms with E-state index < -0.39 is 15.8 Å². The number of amides is 1. The third-order valence-corrected chi connectivity index (χ3v) is 7.20. The quantitative estimate of drug-likeness (QED) is 0.747. The van der Waals surface area contributed by atoms with Crippen LogP contribution in [0.2, 0.25) is 0 Å². The van der Waals surface area contributed by atoms with Gasteiger partial charge in [-0.05, 0) is 61.9 Å². The van der Waals surface area contributed by atoms with Gasteiger partial charge in [0.25, 0.3) is 0 Å². The van der Waals surface area contributed by atoms with Gasteiger partial charge in [-0.25, -0.2) is 12.8 Å². The zero-order valence-electron chi connectivity index (χ0n) is 16.6. The Morgan fingerprint density at radius 1 is 1.14 bits per heavy atom. The van der Waals surface area contributed by atoms with Crippen LogP contribution >= 0.6 is 0 Å². The fourth-order valence-electron chi connectivity index (χ4n) is 3.57. The Morgan fingerprint density at radius 3 is 2.52 bits per heavy atom. The predicted molar refractivity (Wildman–Crippen MR) is 110 cm³/mol. The van der Waals surface area contributed by atoms with Crippen LogP contribution in [0.5, 0.6) is 0 Å². The number of hydrogen-bond acceptors (Lipinski definition) is 3. The molecule has 1 atom stereocenters. The van der Waals surface area contributed by atoms with Crippen molar-refractivity contribution in [1.82, 2.24) is 9.62 Å². The molecule has 1 heterocycles. The van der Waals surface area contributed by atoms with Crippen molar-refractivity contribution in [1.29, 1.82) is 0 Å². The highest BCUT2D eigenvalue weighted by Crippen LogP contribution is 2.26. The number of nitrogens with zero attached hydrogens (tertiary/aromatic N) is 1. The number of carbonyl (C=O) groups excluding carboxylic acids is 1. The summed E-state index contributed by atoms with van der Waals surface area (Å²) < 4.78 is 40.1. The van der Waals surface area contributed by atoms with Gasteiger partial charge in [-0.1, -0.05) is 29.8 Å². The summed E-state index contributed by atoms with van der Waals surface area (Å²) in [5.41, 5.74) is 2.23. The van der Waals surface area contributed by atoms with E-state index in [0.29, 0.717) is 32.5 Å². The minimum absolute atomic E-state index is 0.0240. The van der Waals surface area contributed by atoms with Crippen molar-refractivity contribution >= 4 is 15.9 Å². The van der Waals surface area contributed by atoms with Gasteiger partial charge < -0.3 is 5.32 Å². The summed E-state index contributed by atoms with van der Waals surface area (Å²) in [6.45, 7) is 3.36. The molecule has 0 radical (unpaired) electrons. The molecule has 1 N–H and O–H groups in total. The molecule has 0 aliphatic carbocycles. The third-order valence-electron chi connectivity index (χ3n) is 5.32. The molecular formula is C22H27FN2O3S. The molecule has 29 heavy (non-hydrogen) atoms. The smallest absolute Gasteiger partial charge is 0.243 e. The normalized spacial score (nSPS) is 17.8. The van der Waals surface area contributed by atoms with Crippen molar-refractivity contribution in [2.45, 2.75) is 44.0 Å². The number of sulfonamides is 1. The van der Waals surface area contributed by atoms with E-state index in [1.807, 2.05) is 31.2 Å². The zero-order chi connectivity index (χ0) is 20.9. The van der Waals surface area contributed by atoms with Gasteiger partial charge in [0.2, 0.25) is 15.9 Å². The molecule has 0 aromatic heterocycles. The van der Waals surface area contributed by atoms with E-state index in [0.717, 1.165) is 30.5 Å². The van der Waals surface area contributed by atoms with Crippen LogP contribution in [0, 0.1) is 18.7 Å². The summed E-state index contributed by atoms with van der Waals surface area (Å²) in [4.78, 5) is 12.3. The van der Waals surface area contributed by atoms with Gasteiger partial charge in [-0.2, -0.15) is 4.31 Å². The van der Waals surface area contributed by atoms with Gasteiger partial charge >= 0.3 is 0 Å². The second-order valence-corrected chi connectivity index (χ2v) is 9.56. The van der Waals surface area contributed by atoms with Crippen LogP contribution in [0.15, 0.2) is 53.4 Å². The van der Waals surface area contributed by atoms with Gasteiger partial charge in [-0.15, -0.1) is 0 Å². The van der Waals surface area contributed by atoms with Crippen LogP contribution in [-0.2, 0) is 21.4 Å². The maximum absolute atomic E-state index is 13.1. The van der Waals surface area contributed by atoms with E-state index in [4.69, 9.17) is 0 Å². The average Bonchev–Trinajstić information content (AvgIpc) is 2.72. The lowest BCUT2D eigenvalue weighted by Gasteiger charge is -2.32. The Balaban J connectivity index is 1.49. The van der Waals surface area contributed by atoms with Crippen molar-refractivity contribution in [3.63, 3.8) is 0 Å². The number of aryl methyl sites for hydroxylation is 1. The highest BCUT2D eigenvalue weighted by molar-refractivity contribution is 7.89. The predicted octanol–water partition coefficient (Wildman–Crippen LogP) is 3.63. The topological polar surface area (TPSA) is 66.5 Å². The SMILES string of the molecule is Cc1ccc(CNC(=O)CCC2CCCN(S(=O)(=O)c3ccc(F)cc3)C2)cc1. The summed E-state index contributed by atoms with van der Waals surface area (Å²) >= 11 is 0. The van der Waals surface area contributed by atoms with Crippen LogP contribution in [0.4, 0.5) is 4.39 Å². The van der Waals surface area contributed by atoms with E-state index in [1.165, 1.54) is 22.0 Å². The standard InChI is InChI=1S/C22H27FN2O3S/c1-17-4-6-18(7-5-17)15-24-22(26)13-8-19-3-2-14-25(16-19)29(27,28)21-11-9-20(23)10-12-21/h4-7,9-12,19H,2-3,8,13-16H2,1H3,(H,24,26). The molecular weight excluding hydrogens is 391 g/mol. The first-order valence-electron chi connectivity index (χ1n) is 9.92. The molecule has 1 saturated heterocycles. The summed E-state index contributed by atoms with van der Waals surface area (Å²) in [7, 11) is -3.63. The second kappa shape index (κ2) is 9.50. The molecule has 1 aliphatic rings. The van der Waals surface area contributed by atoms with Crippen LogP contribution in [0.25, 0.3) is 0 Å². The van der Waals surface area contributed by atoms with Crippen molar-refractivity contribution in [2.75, 3.05) is 13.1 Å². The molecule has 5 nitrogen and oxygen atoms in total. The molecule has 7 heteroatoms. The Kier molecular flexibility index (Phi) is 7.03. The van der Waals surface area contributed by atoms with E-state index in [-0.39, 0.29) is 16.7 Å². The number of nitrogens with one attached hydrogen (secondary N) is 1. The maximum atomic E-state index is 13.1. The lowest BCUT2D eigenvalue weighted by Crippen LogP contribution is -2.40. The molecule has 2 aromatic carbocycles. The van der Waals surface area contributed by atoms with Gasteiger partial charge in [0.15, 0.2) is 0 Å². The highest BCUT2D eigenvalue weighted by Gasteiger charge is 2.30. The van der Waals surface area contributed by atoms with E-state index in [9.17, 15) is 17.6 Å². The Bertz CT molecular complexity index is 928. The summed E-state index contributed by atoms with van der Waals surface area (Å²) in [5, 5.41) is 2.92. The van der Waals surface area contributed by atoms with E-state index >= 15 is 0 Å². The molecule has 0 spiro atoms. The Labute approximate surface area is 172 Å². The Hall–Kier alpha value is -2.25. The van der Waals surface area contributed by atoms with Crippen LogP contribution in [-0.4, -0.2) is 31.7 Å². The lowest BCUT2D eigenvalue weighted by atomic mass is 9.94. The maximum Gasteiger partial charge on any atom is 0.243 e. The first-order chi connectivity index (χ1) is 13.8. The lowest BCUT2D eigenvalue weighted by molar-refractivity contribution is -0.121. The largest absolute Gasteiger partial charge is 0.352 e. The molecule has 3 rings (SSSR count). The van der Waals surface area contributed by atoms with Crippen molar-refractivity contribution in [3.05, 3.63) is 65.5 Å². The average molecular weight is 419 g/mol. The minimum atomic E-state index is -3.63. The second-order valence-electron chi connectivity index (χ2n) is 7.63. The monoisotopic (exact) mass is 418 g/mol. The molecule has 1 fully saturated rings. The number of piperidine rings is 1. The molecule has 2 aromatic rings. The van der Waals surface area contributed by atoms with Crippen LogP contribution < -0.4 is 5.32 Å². The summed E-state index contributed by atoms with van der Waals surface area (Å²) in [6.07, 6.45) is 2.69. The van der Waals surface area contributed by atoms with Crippen molar-refractivity contribution in [2.24, 2.45) is 5.92 Å². The first kappa shape index (κ1) is 21.5.